The van der Waals surface area contributed by atoms with Crippen LogP contribution in [0.1, 0.15) is 76.7 Å². The van der Waals surface area contributed by atoms with Crippen molar-refractivity contribution in [3.63, 3.8) is 0 Å². The summed E-state index contributed by atoms with van der Waals surface area (Å²) in [7, 11) is 0. The third-order valence-electron chi connectivity index (χ3n) is 7.16. The van der Waals surface area contributed by atoms with E-state index in [1.165, 1.54) is 31.2 Å². The lowest BCUT2D eigenvalue weighted by Crippen LogP contribution is -2.53. The van der Waals surface area contributed by atoms with Crippen molar-refractivity contribution in [1.82, 2.24) is 10.6 Å². The Morgan fingerprint density at radius 2 is 1.83 bits per heavy atom. The highest BCUT2D eigenvalue weighted by atomic mass is 35.5. The number of benzene rings is 1. The van der Waals surface area contributed by atoms with Crippen molar-refractivity contribution in [2.45, 2.75) is 88.8 Å². The zero-order chi connectivity index (χ0) is 21.1. The molecular weight excluding hydrogens is 396 g/mol. The standard InChI is InChI=1S/C25H37ClN2O2/c1-25(2)15-19(13-14-30-25)22(18-9-11-20(26)12-10-18)23(27-16-17-7-8-17)24(29)28-21-5-3-4-6-21/h9-12,17,19,21-23,27H,3-8,13-16H2,1-2H3,(H,28,29). The second kappa shape index (κ2) is 9.58. The van der Waals surface area contributed by atoms with Crippen LogP contribution in [0, 0.1) is 11.8 Å². The van der Waals surface area contributed by atoms with Crippen LogP contribution in [-0.2, 0) is 9.53 Å². The molecule has 0 radical (unpaired) electrons. The fourth-order valence-corrected chi connectivity index (χ4v) is 5.49. The van der Waals surface area contributed by atoms with Gasteiger partial charge in [0.1, 0.15) is 0 Å². The summed E-state index contributed by atoms with van der Waals surface area (Å²) in [5.41, 5.74) is 1.05. The molecule has 1 aromatic rings. The normalized spacial score (nSPS) is 26.3. The van der Waals surface area contributed by atoms with Gasteiger partial charge in [0.15, 0.2) is 0 Å². The van der Waals surface area contributed by atoms with Crippen LogP contribution >= 0.6 is 11.6 Å². The number of ether oxygens (including phenoxy) is 1. The van der Waals surface area contributed by atoms with Gasteiger partial charge in [-0.25, -0.2) is 0 Å². The Morgan fingerprint density at radius 3 is 2.47 bits per heavy atom. The monoisotopic (exact) mass is 432 g/mol. The minimum absolute atomic E-state index is 0.116. The van der Waals surface area contributed by atoms with Gasteiger partial charge >= 0.3 is 0 Å². The van der Waals surface area contributed by atoms with Gasteiger partial charge in [-0.2, -0.15) is 0 Å². The van der Waals surface area contributed by atoms with E-state index in [2.05, 4.69) is 36.6 Å². The number of rotatable bonds is 8. The van der Waals surface area contributed by atoms with E-state index in [-0.39, 0.29) is 23.5 Å². The Balaban J connectivity index is 1.61. The SMILES string of the molecule is CC1(C)CC(C(c2ccc(Cl)cc2)C(NCC2CC2)C(=O)NC2CCCC2)CCO1. The van der Waals surface area contributed by atoms with Crippen LogP contribution in [0.4, 0.5) is 0 Å². The Morgan fingerprint density at radius 1 is 1.13 bits per heavy atom. The molecule has 1 saturated heterocycles. The van der Waals surface area contributed by atoms with Crippen LogP contribution in [0.5, 0.6) is 0 Å². The fraction of sp³-hybridized carbons (Fsp3) is 0.720. The lowest BCUT2D eigenvalue weighted by Gasteiger charge is -2.42. The maximum atomic E-state index is 13.6. The molecule has 2 N–H and O–H groups in total. The van der Waals surface area contributed by atoms with Gasteiger partial charge in [0.05, 0.1) is 11.6 Å². The molecule has 4 rings (SSSR count). The van der Waals surface area contributed by atoms with E-state index in [1.807, 2.05) is 12.1 Å². The molecule has 2 saturated carbocycles. The lowest BCUT2D eigenvalue weighted by atomic mass is 9.73. The second-order valence-electron chi connectivity index (χ2n) is 10.3. The smallest absolute Gasteiger partial charge is 0.237 e. The highest BCUT2D eigenvalue weighted by Crippen LogP contribution is 2.41. The van der Waals surface area contributed by atoms with Gasteiger partial charge < -0.3 is 15.4 Å². The van der Waals surface area contributed by atoms with Gasteiger partial charge in [-0.15, -0.1) is 0 Å². The molecule has 1 aliphatic heterocycles. The van der Waals surface area contributed by atoms with Crippen LogP contribution in [0.25, 0.3) is 0 Å². The van der Waals surface area contributed by atoms with Crippen LogP contribution in [0.15, 0.2) is 24.3 Å². The first kappa shape index (κ1) is 22.1. The zero-order valence-electron chi connectivity index (χ0n) is 18.5. The van der Waals surface area contributed by atoms with Crippen molar-refractivity contribution in [2.75, 3.05) is 13.2 Å². The first-order valence-corrected chi connectivity index (χ1v) is 12.2. The first-order chi connectivity index (χ1) is 14.4. The Hall–Kier alpha value is -1.10. The average molecular weight is 433 g/mol. The molecule has 5 heteroatoms. The quantitative estimate of drug-likeness (QED) is 0.603. The third-order valence-corrected chi connectivity index (χ3v) is 7.42. The summed E-state index contributed by atoms with van der Waals surface area (Å²) in [4.78, 5) is 13.6. The van der Waals surface area contributed by atoms with Gasteiger partial charge in [0.2, 0.25) is 5.91 Å². The molecule has 3 unspecified atom stereocenters. The molecule has 2 aliphatic carbocycles. The van der Waals surface area contributed by atoms with Crippen LogP contribution in [0.3, 0.4) is 0 Å². The van der Waals surface area contributed by atoms with Crippen LogP contribution < -0.4 is 10.6 Å². The molecular formula is C25H37ClN2O2. The summed E-state index contributed by atoms with van der Waals surface area (Å²) in [5.74, 6) is 1.40. The van der Waals surface area contributed by atoms with Crippen molar-refractivity contribution in [2.24, 2.45) is 11.8 Å². The summed E-state index contributed by atoms with van der Waals surface area (Å²) in [6.07, 6.45) is 9.15. The van der Waals surface area contributed by atoms with Gasteiger partial charge in [-0.05, 0) is 88.4 Å². The van der Waals surface area contributed by atoms with Crippen molar-refractivity contribution < 1.29 is 9.53 Å². The summed E-state index contributed by atoms with van der Waals surface area (Å²) in [6, 6.07) is 8.27. The topological polar surface area (TPSA) is 50.4 Å². The molecule has 30 heavy (non-hydrogen) atoms. The van der Waals surface area contributed by atoms with Crippen molar-refractivity contribution in [3.8, 4) is 0 Å². The van der Waals surface area contributed by atoms with E-state index in [0.29, 0.717) is 12.0 Å². The highest BCUT2D eigenvalue weighted by molar-refractivity contribution is 6.30. The molecule has 0 bridgehead atoms. The van der Waals surface area contributed by atoms with Crippen molar-refractivity contribution in [3.05, 3.63) is 34.9 Å². The number of carbonyl (C=O) groups is 1. The van der Waals surface area contributed by atoms with E-state index < -0.39 is 0 Å². The number of nitrogens with one attached hydrogen (secondary N) is 2. The summed E-state index contributed by atoms with van der Waals surface area (Å²) >= 11 is 6.20. The van der Waals surface area contributed by atoms with E-state index in [9.17, 15) is 4.79 Å². The molecule has 166 valence electrons. The number of hydrogen-bond acceptors (Lipinski definition) is 3. The Labute approximate surface area is 186 Å². The summed E-state index contributed by atoms with van der Waals surface area (Å²) in [5, 5.41) is 7.83. The molecule has 0 aromatic heterocycles. The molecule has 1 aromatic carbocycles. The molecule has 3 aliphatic rings. The van der Waals surface area contributed by atoms with Crippen molar-refractivity contribution >= 4 is 17.5 Å². The van der Waals surface area contributed by atoms with Gasteiger partial charge in [0, 0.05) is 23.6 Å². The minimum Gasteiger partial charge on any atom is -0.376 e. The number of carbonyl (C=O) groups excluding carboxylic acids is 1. The van der Waals surface area contributed by atoms with Crippen LogP contribution in [-0.4, -0.2) is 36.7 Å². The number of halogens is 1. The predicted octanol–water partition coefficient (Wildman–Crippen LogP) is 5.06. The zero-order valence-corrected chi connectivity index (χ0v) is 19.2. The Kier molecular flexibility index (Phi) is 7.06. The van der Waals surface area contributed by atoms with Crippen LogP contribution in [0.2, 0.25) is 5.02 Å². The largest absolute Gasteiger partial charge is 0.376 e. The minimum atomic E-state index is -0.216. The lowest BCUT2D eigenvalue weighted by molar-refractivity contribution is -0.126. The Bertz CT molecular complexity index is 710. The maximum absolute atomic E-state index is 13.6. The molecule has 4 nitrogen and oxygen atoms in total. The maximum Gasteiger partial charge on any atom is 0.237 e. The van der Waals surface area contributed by atoms with Gasteiger partial charge in [-0.3, -0.25) is 4.79 Å². The fourth-order valence-electron chi connectivity index (χ4n) is 5.37. The number of amides is 1. The van der Waals surface area contributed by atoms with Gasteiger partial charge in [0.25, 0.3) is 0 Å². The summed E-state index contributed by atoms with van der Waals surface area (Å²) < 4.78 is 6.01. The second-order valence-corrected chi connectivity index (χ2v) is 10.7. The predicted molar refractivity (Wildman–Crippen MR) is 122 cm³/mol. The molecule has 3 atom stereocenters. The molecule has 1 amide bonds. The highest BCUT2D eigenvalue weighted by Gasteiger charge is 2.41. The van der Waals surface area contributed by atoms with Crippen molar-refractivity contribution in [1.29, 1.82) is 0 Å². The molecule has 3 fully saturated rings. The average Bonchev–Trinajstić information content (AvgIpc) is 3.39. The van der Waals surface area contributed by atoms with E-state index in [4.69, 9.17) is 16.3 Å². The first-order valence-electron chi connectivity index (χ1n) is 11.8. The molecule has 1 heterocycles. The van der Waals surface area contributed by atoms with Gasteiger partial charge in [-0.1, -0.05) is 36.6 Å². The summed E-state index contributed by atoms with van der Waals surface area (Å²) in [6.45, 7) is 6.02. The van der Waals surface area contributed by atoms with E-state index in [1.54, 1.807) is 0 Å². The van der Waals surface area contributed by atoms with E-state index >= 15 is 0 Å². The van der Waals surface area contributed by atoms with E-state index in [0.717, 1.165) is 49.8 Å². The molecule has 0 spiro atoms. The number of hydrogen-bond donors (Lipinski definition) is 2. The third kappa shape index (κ3) is 5.77.